The lowest BCUT2D eigenvalue weighted by Crippen LogP contribution is -2.00. The zero-order chi connectivity index (χ0) is 17.8. The van der Waals surface area contributed by atoms with Gasteiger partial charge in [0, 0.05) is 24.2 Å². The number of hydrogen-bond donors (Lipinski definition) is 0. The molecule has 4 heteroatoms. The highest BCUT2D eigenvalue weighted by molar-refractivity contribution is 5.75. The lowest BCUT2D eigenvalue weighted by Gasteiger charge is -2.06. The molecule has 0 aliphatic heterocycles. The molecule has 4 rings (SSSR count). The van der Waals surface area contributed by atoms with Crippen molar-refractivity contribution in [1.82, 2.24) is 14.8 Å². The van der Waals surface area contributed by atoms with Crippen LogP contribution in [0.5, 0.6) is 0 Å². The summed E-state index contributed by atoms with van der Waals surface area (Å²) in [4.78, 5) is 4.13. The Bertz CT molecular complexity index is 1060. The first kappa shape index (κ1) is 15.8. The molecule has 0 amide bonds. The molecule has 0 atom stereocenters. The van der Waals surface area contributed by atoms with Crippen molar-refractivity contribution in [3.05, 3.63) is 96.4 Å². The highest BCUT2D eigenvalue weighted by atomic mass is 15.3. The van der Waals surface area contributed by atoms with Crippen LogP contribution >= 0.6 is 0 Å². The standard InChI is InChI=1S/C22H16N4/c23-14-20-9-8-19(18-6-2-1-3-7-18)13-21(20)22-10-12-26(25-22)16-17-5-4-11-24-15-17/h1-13,15H,16H2. The molecule has 0 spiro atoms. The number of nitrogens with zero attached hydrogens (tertiary/aromatic N) is 4. The average Bonchev–Trinajstić information content (AvgIpc) is 3.17. The first-order valence-electron chi connectivity index (χ1n) is 8.36. The minimum absolute atomic E-state index is 0.622. The van der Waals surface area contributed by atoms with E-state index >= 15 is 0 Å². The van der Waals surface area contributed by atoms with Gasteiger partial charge in [-0.1, -0.05) is 42.5 Å². The third kappa shape index (κ3) is 3.24. The molecule has 0 N–H and O–H groups in total. The van der Waals surface area contributed by atoms with E-state index in [2.05, 4.69) is 28.3 Å². The summed E-state index contributed by atoms with van der Waals surface area (Å²) in [5.41, 5.74) is 5.54. The van der Waals surface area contributed by atoms with Gasteiger partial charge in [-0.15, -0.1) is 0 Å². The predicted molar refractivity (Wildman–Crippen MR) is 101 cm³/mol. The van der Waals surface area contributed by atoms with Crippen molar-refractivity contribution >= 4 is 0 Å². The summed E-state index contributed by atoms with van der Waals surface area (Å²) in [6, 6.07) is 24.2. The smallest absolute Gasteiger partial charge is 0.0998 e. The average molecular weight is 336 g/mol. The van der Waals surface area contributed by atoms with E-state index in [1.165, 1.54) is 0 Å². The topological polar surface area (TPSA) is 54.5 Å². The number of aromatic nitrogens is 3. The van der Waals surface area contributed by atoms with E-state index in [1.807, 2.05) is 71.7 Å². The molecular weight excluding hydrogens is 320 g/mol. The molecule has 0 aliphatic rings. The number of pyridine rings is 1. The Labute approximate surface area is 152 Å². The van der Waals surface area contributed by atoms with Crippen molar-refractivity contribution in [2.45, 2.75) is 6.54 Å². The maximum Gasteiger partial charge on any atom is 0.0998 e. The van der Waals surface area contributed by atoms with Gasteiger partial charge in [0.25, 0.3) is 0 Å². The van der Waals surface area contributed by atoms with Crippen LogP contribution in [0.4, 0.5) is 0 Å². The van der Waals surface area contributed by atoms with Crippen LogP contribution in [-0.2, 0) is 6.54 Å². The molecule has 2 aromatic carbocycles. The molecule has 0 aliphatic carbocycles. The Morgan fingerprint density at radius 2 is 1.81 bits per heavy atom. The van der Waals surface area contributed by atoms with Gasteiger partial charge in [0.05, 0.1) is 23.9 Å². The van der Waals surface area contributed by atoms with E-state index in [4.69, 9.17) is 0 Å². The monoisotopic (exact) mass is 336 g/mol. The predicted octanol–water partition coefficient (Wildman–Crippen LogP) is 4.53. The van der Waals surface area contributed by atoms with Crippen LogP contribution < -0.4 is 0 Å². The van der Waals surface area contributed by atoms with Crippen molar-refractivity contribution in [2.75, 3.05) is 0 Å². The third-order valence-electron chi connectivity index (χ3n) is 4.23. The Hall–Kier alpha value is -3.71. The molecule has 124 valence electrons. The van der Waals surface area contributed by atoms with Crippen molar-refractivity contribution in [1.29, 1.82) is 5.26 Å². The maximum atomic E-state index is 9.49. The third-order valence-corrected chi connectivity index (χ3v) is 4.23. The Morgan fingerprint density at radius 3 is 2.58 bits per heavy atom. The minimum atomic E-state index is 0.622. The summed E-state index contributed by atoms with van der Waals surface area (Å²) in [7, 11) is 0. The summed E-state index contributed by atoms with van der Waals surface area (Å²) < 4.78 is 1.86. The van der Waals surface area contributed by atoms with Gasteiger partial charge in [0.1, 0.15) is 0 Å². The first-order chi connectivity index (χ1) is 12.8. The fraction of sp³-hybridized carbons (Fsp3) is 0.0455. The van der Waals surface area contributed by atoms with E-state index in [-0.39, 0.29) is 0 Å². The van der Waals surface area contributed by atoms with Gasteiger partial charge in [-0.2, -0.15) is 10.4 Å². The maximum absolute atomic E-state index is 9.49. The van der Waals surface area contributed by atoms with Crippen LogP contribution in [0.15, 0.2) is 85.3 Å². The van der Waals surface area contributed by atoms with Crippen LogP contribution in [0.3, 0.4) is 0 Å². The molecular formula is C22H16N4. The molecule has 2 heterocycles. The van der Waals surface area contributed by atoms with Gasteiger partial charge < -0.3 is 0 Å². The van der Waals surface area contributed by atoms with Crippen LogP contribution in [0.1, 0.15) is 11.1 Å². The molecule has 26 heavy (non-hydrogen) atoms. The molecule has 4 aromatic rings. The van der Waals surface area contributed by atoms with Gasteiger partial charge in [-0.05, 0) is 41.0 Å². The molecule has 0 fully saturated rings. The Kier molecular flexibility index (Phi) is 4.28. The fourth-order valence-corrected chi connectivity index (χ4v) is 2.94. The van der Waals surface area contributed by atoms with Crippen molar-refractivity contribution < 1.29 is 0 Å². The van der Waals surface area contributed by atoms with Gasteiger partial charge in [0.15, 0.2) is 0 Å². The molecule has 0 saturated heterocycles. The van der Waals surface area contributed by atoms with Gasteiger partial charge >= 0.3 is 0 Å². The lowest BCUT2D eigenvalue weighted by atomic mass is 9.98. The second-order valence-corrected chi connectivity index (χ2v) is 6.00. The lowest BCUT2D eigenvalue weighted by molar-refractivity contribution is 0.687. The second-order valence-electron chi connectivity index (χ2n) is 6.00. The van der Waals surface area contributed by atoms with Gasteiger partial charge in [-0.3, -0.25) is 9.67 Å². The van der Waals surface area contributed by atoms with E-state index < -0.39 is 0 Å². The van der Waals surface area contributed by atoms with Crippen LogP contribution in [0.2, 0.25) is 0 Å². The number of rotatable bonds is 4. The summed E-state index contributed by atoms with van der Waals surface area (Å²) >= 11 is 0. The highest BCUT2D eigenvalue weighted by Gasteiger charge is 2.10. The molecule has 0 saturated carbocycles. The molecule has 0 bridgehead atoms. The quantitative estimate of drug-likeness (QED) is 0.550. The number of nitriles is 1. The van der Waals surface area contributed by atoms with E-state index in [0.717, 1.165) is 27.9 Å². The SMILES string of the molecule is N#Cc1ccc(-c2ccccc2)cc1-c1ccn(Cc2cccnc2)n1. The van der Waals surface area contributed by atoms with Gasteiger partial charge in [-0.25, -0.2) is 0 Å². The number of hydrogen-bond acceptors (Lipinski definition) is 3. The molecule has 4 nitrogen and oxygen atoms in total. The fourth-order valence-electron chi connectivity index (χ4n) is 2.94. The van der Waals surface area contributed by atoms with Crippen molar-refractivity contribution in [2.24, 2.45) is 0 Å². The highest BCUT2D eigenvalue weighted by Crippen LogP contribution is 2.28. The van der Waals surface area contributed by atoms with E-state index in [1.54, 1.807) is 6.20 Å². The summed E-state index contributed by atoms with van der Waals surface area (Å²) in [5.74, 6) is 0. The second kappa shape index (κ2) is 7.04. The van der Waals surface area contributed by atoms with E-state index in [9.17, 15) is 5.26 Å². The first-order valence-corrected chi connectivity index (χ1v) is 8.36. The zero-order valence-electron chi connectivity index (χ0n) is 14.1. The zero-order valence-corrected chi connectivity index (χ0v) is 14.1. The molecule has 0 unspecified atom stereocenters. The van der Waals surface area contributed by atoms with E-state index in [0.29, 0.717) is 12.1 Å². The van der Waals surface area contributed by atoms with Crippen molar-refractivity contribution in [3.63, 3.8) is 0 Å². The summed E-state index contributed by atoms with van der Waals surface area (Å²) in [6.07, 6.45) is 5.52. The number of benzene rings is 2. The normalized spacial score (nSPS) is 10.4. The van der Waals surface area contributed by atoms with Crippen LogP contribution in [0, 0.1) is 11.3 Å². The Balaban J connectivity index is 1.70. The largest absolute Gasteiger partial charge is 0.268 e. The Morgan fingerprint density at radius 1 is 0.923 bits per heavy atom. The molecule has 0 radical (unpaired) electrons. The van der Waals surface area contributed by atoms with Crippen LogP contribution in [0.25, 0.3) is 22.4 Å². The van der Waals surface area contributed by atoms with Crippen LogP contribution in [-0.4, -0.2) is 14.8 Å². The summed E-state index contributed by atoms with van der Waals surface area (Å²) in [5, 5.41) is 14.1. The molecule has 2 aromatic heterocycles. The summed E-state index contributed by atoms with van der Waals surface area (Å²) in [6.45, 7) is 0.647. The van der Waals surface area contributed by atoms with Gasteiger partial charge in [0.2, 0.25) is 0 Å². The minimum Gasteiger partial charge on any atom is -0.268 e. The van der Waals surface area contributed by atoms with Crippen molar-refractivity contribution in [3.8, 4) is 28.5 Å².